The van der Waals surface area contributed by atoms with Gasteiger partial charge in [-0.1, -0.05) is 0 Å². The summed E-state index contributed by atoms with van der Waals surface area (Å²) in [6.07, 6.45) is 2.46. The van der Waals surface area contributed by atoms with E-state index in [1.165, 1.54) is 32.4 Å². The molecule has 1 aliphatic carbocycles. The fourth-order valence-electron chi connectivity index (χ4n) is 2.31. The highest BCUT2D eigenvalue weighted by Gasteiger charge is 2.42. The maximum absolute atomic E-state index is 11.5. The quantitative estimate of drug-likeness (QED) is 0.455. The first-order valence-electron chi connectivity index (χ1n) is 6.58. The van der Waals surface area contributed by atoms with Crippen LogP contribution in [0.2, 0.25) is 0 Å². The van der Waals surface area contributed by atoms with E-state index < -0.39 is 10.5 Å². The summed E-state index contributed by atoms with van der Waals surface area (Å²) in [6, 6.07) is 4.15. The van der Waals surface area contributed by atoms with Crippen LogP contribution in [-0.4, -0.2) is 30.7 Å². The number of nitrogens with zero attached hydrogens (tertiary/aromatic N) is 1. The maximum atomic E-state index is 11.5. The van der Waals surface area contributed by atoms with Crippen molar-refractivity contribution in [3.05, 3.63) is 28.3 Å². The lowest BCUT2D eigenvalue weighted by molar-refractivity contribution is -0.385. The van der Waals surface area contributed by atoms with Gasteiger partial charge in [0, 0.05) is 6.07 Å². The number of carbonyl (C=O) groups is 1. The Morgan fingerprint density at radius 2 is 2.05 bits per heavy atom. The zero-order valence-electron chi connectivity index (χ0n) is 12.0. The van der Waals surface area contributed by atoms with E-state index in [0.29, 0.717) is 18.6 Å². The van der Waals surface area contributed by atoms with E-state index in [1.807, 2.05) is 0 Å². The monoisotopic (exact) mass is 295 g/mol. The molecule has 7 nitrogen and oxygen atoms in total. The second-order valence-corrected chi connectivity index (χ2v) is 4.98. The molecule has 114 valence electrons. The van der Waals surface area contributed by atoms with Gasteiger partial charge in [-0.2, -0.15) is 0 Å². The van der Waals surface area contributed by atoms with Gasteiger partial charge in [0.15, 0.2) is 11.5 Å². The normalized spacial score (nSPS) is 15.7. The molecular formula is C14H17NO6. The molecule has 0 N–H and O–H groups in total. The molecule has 0 amide bonds. The van der Waals surface area contributed by atoms with Crippen molar-refractivity contribution in [2.45, 2.75) is 31.3 Å². The van der Waals surface area contributed by atoms with Gasteiger partial charge < -0.3 is 14.2 Å². The third-order valence-electron chi connectivity index (χ3n) is 3.64. The molecule has 1 saturated carbocycles. The number of hydrogen-bond acceptors (Lipinski definition) is 6. The number of nitro benzene ring substituents is 1. The average Bonchev–Trinajstić information content (AvgIpc) is 2.44. The van der Waals surface area contributed by atoms with Crippen molar-refractivity contribution < 1.29 is 23.9 Å². The SMILES string of the molecule is COC(=O)CC1(Oc2cc([N+](=O)[O-])ccc2OC)CCC1. The van der Waals surface area contributed by atoms with Crippen LogP contribution in [0.15, 0.2) is 18.2 Å². The number of non-ortho nitro benzene ring substituents is 1. The number of benzene rings is 1. The van der Waals surface area contributed by atoms with E-state index in [2.05, 4.69) is 4.74 Å². The molecule has 7 heteroatoms. The Balaban J connectivity index is 2.25. The zero-order chi connectivity index (χ0) is 15.5. The van der Waals surface area contributed by atoms with Gasteiger partial charge in [0.05, 0.1) is 31.6 Å². The Bertz CT molecular complexity index is 552. The first kappa shape index (κ1) is 15.1. The van der Waals surface area contributed by atoms with Gasteiger partial charge in [-0.3, -0.25) is 14.9 Å². The van der Waals surface area contributed by atoms with E-state index in [1.54, 1.807) is 0 Å². The summed E-state index contributed by atoms with van der Waals surface area (Å²) in [6.45, 7) is 0. The highest BCUT2D eigenvalue weighted by atomic mass is 16.6. The van der Waals surface area contributed by atoms with Gasteiger partial charge in [0.1, 0.15) is 5.60 Å². The van der Waals surface area contributed by atoms with Crippen molar-refractivity contribution in [1.29, 1.82) is 0 Å². The van der Waals surface area contributed by atoms with Gasteiger partial charge in [0.25, 0.3) is 5.69 Å². The number of nitro groups is 1. The summed E-state index contributed by atoms with van der Waals surface area (Å²) in [5.41, 5.74) is -0.742. The number of methoxy groups -OCH3 is 2. The highest BCUT2D eigenvalue weighted by Crippen LogP contribution is 2.43. The minimum atomic E-state index is -0.657. The molecule has 1 aromatic rings. The van der Waals surface area contributed by atoms with Gasteiger partial charge in [-0.15, -0.1) is 0 Å². The predicted molar refractivity (Wildman–Crippen MR) is 73.5 cm³/mol. The lowest BCUT2D eigenvalue weighted by Crippen LogP contribution is -2.45. The Hall–Kier alpha value is -2.31. The van der Waals surface area contributed by atoms with Crippen molar-refractivity contribution in [3.63, 3.8) is 0 Å². The Labute approximate surface area is 122 Å². The van der Waals surface area contributed by atoms with Gasteiger partial charge >= 0.3 is 5.97 Å². The second-order valence-electron chi connectivity index (χ2n) is 4.98. The Morgan fingerprint density at radius 3 is 2.52 bits per heavy atom. The lowest BCUT2D eigenvalue weighted by Gasteiger charge is -2.41. The molecule has 0 aromatic heterocycles. The second kappa shape index (κ2) is 5.99. The van der Waals surface area contributed by atoms with Gasteiger partial charge in [-0.05, 0) is 25.3 Å². The smallest absolute Gasteiger partial charge is 0.309 e. The molecular weight excluding hydrogens is 278 g/mol. The molecule has 1 aliphatic rings. The van der Waals surface area contributed by atoms with Crippen LogP contribution in [0.1, 0.15) is 25.7 Å². The van der Waals surface area contributed by atoms with Crippen LogP contribution in [0, 0.1) is 10.1 Å². The minimum Gasteiger partial charge on any atom is -0.493 e. The number of hydrogen-bond donors (Lipinski definition) is 0. The molecule has 0 radical (unpaired) electrons. The van der Waals surface area contributed by atoms with Crippen molar-refractivity contribution in [2.75, 3.05) is 14.2 Å². The molecule has 0 saturated heterocycles. The fraction of sp³-hybridized carbons (Fsp3) is 0.500. The van der Waals surface area contributed by atoms with Crippen LogP contribution in [0.3, 0.4) is 0 Å². The summed E-state index contributed by atoms with van der Waals surface area (Å²) in [7, 11) is 2.78. The van der Waals surface area contributed by atoms with Crippen LogP contribution < -0.4 is 9.47 Å². The summed E-state index contributed by atoms with van der Waals surface area (Å²) >= 11 is 0. The van der Waals surface area contributed by atoms with Crippen LogP contribution in [0.25, 0.3) is 0 Å². The van der Waals surface area contributed by atoms with Crippen LogP contribution in [0.4, 0.5) is 5.69 Å². The average molecular weight is 295 g/mol. The van der Waals surface area contributed by atoms with Crippen molar-refractivity contribution in [3.8, 4) is 11.5 Å². The maximum Gasteiger partial charge on any atom is 0.309 e. The molecule has 0 bridgehead atoms. The van der Waals surface area contributed by atoms with E-state index >= 15 is 0 Å². The molecule has 1 fully saturated rings. The molecule has 0 spiro atoms. The molecule has 0 aliphatic heterocycles. The molecule has 0 heterocycles. The summed E-state index contributed by atoms with van der Waals surface area (Å²) in [5, 5.41) is 10.9. The van der Waals surface area contributed by atoms with E-state index in [0.717, 1.165) is 6.42 Å². The van der Waals surface area contributed by atoms with E-state index in [-0.39, 0.29) is 23.8 Å². The Morgan fingerprint density at radius 1 is 1.33 bits per heavy atom. The number of esters is 1. The van der Waals surface area contributed by atoms with Crippen molar-refractivity contribution >= 4 is 11.7 Å². The third kappa shape index (κ3) is 3.24. The van der Waals surface area contributed by atoms with Crippen molar-refractivity contribution in [2.24, 2.45) is 0 Å². The zero-order valence-corrected chi connectivity index (χ0v) is 12.0. The number of rotatable bonds is 6. The first-order valence-corrected chi connectivity index (χ1v) is 6.58. The molecule has 2 rings (SSSR count). The number of carbonyl (C=O) groups excluding carboxylic acids is 1. The molecule has 0 unspecified atom stereocenters. The lowest BCUT2D eigenvalue weighted by atomic mass is 9.77. The van der Waals surface area contributed by atoms with E-state index in [9.17, 15) is 14.9 Å². The Kier molecular flexibility index (Phi) is 4.30. The largest absolute Gasteiger partial charge is 0.493 e. The summed E-state index contributed by atoms with van der Waals surface area (Å²) in [5.74, 6) is 0.311. The van der Waals surface area contributed by atoms with E-state index in [4.69, 9.17) is 9.47 Å². The molecule has 21 heavy (non-hydrogen) atoms. The fourth-order valence-corrected chi connectivity index (χ4v) is 2.31. The number of ether oxygens (including phenoxy) is 3. The minimum absolute atomic E-state index is 0.0849. The topological polar surface area (TPSA) is 87.9 Å². The van der Waals surface area contributed by atoms with Crippen LogP contribution in [0.5, 0.6) is 11.5 Å². The van der Waals surface area contributed by atoms with Gasteiger partial charge in [0.2, 0.25) is 0 Å². The summed E-state index contributed by atoms with van der Waals surface area (Å²) in [4.78, 5) is 21.9. The molecule has 0 atom stereocenters. The molecule has 1 aromatic carbocycles. The third-order valence-corrected chi connectivity index (χ3v) is 3.64. The highest BCUT2D eigenvalue weighted by molar-refractivity contribution is 5.71. The van der Waals surface area contributed by atoms with Crippen molar-refractivity contribution in [1.82, 2.24) is 0 Å². The summed E-state index contributed by atoms with van der Waals surface area (Å²) < 4.78 is 15.7. The standard InChI is InChI=1S/C14H17NO6/c1-19-11-5-4-10(15(17)18)8-12(11)21-14(6-3-7-14)9-13(16)20-2/h4-5,8H,3,6-7,9H2,1-2H3. The van der Waals surface area contributed by atoms with Crippen LogP contribution in [-0.2, 0) is 9.53 Å². The van der Waals surface area contributed by atoms with Gasteiger partial charge in [-0.25, -0.2) is 0 Å². The predicted octanol–water partition coefficient (Wildman–Crippen LogP) is 2.47. The van der Waals surface area contributed by atoms with Crippen LogP contribution >= 0.6 is 0 Å². The first-order chi connectivity index (χ1) is 9.99.